The van der Waals surface area contributed by atoms with Crippen molar-refractivity contribution in [3.8, 4) is 0 Å². The number of fused-ring (bicyclic) bond motifs is 1. The van der Waals surface area contributed by atoms with E-state index < -0.39 is 43.4 Å². The monoisotopic (exact) mass is 536 g/mol. The van der Waals surface area contributed by atoms with E-state index in [2.05, 4.69) is 10.0 Å². The molecule has 2 bridgehead atoms. The smallest absolute Gasteiger partial charge is 0.349 e. The first-order valence-electron chi connectivity index (χ1n) is 10.1. The quantitative estimate of drug-likeness (QED) is 0.580. The normalized spacial score (nSPS) is 24.4. The van der Waals surface area contributed by atoms with Gasteiger partial charge in [-0.2, -0.15) is 13.2 Å². The number of nitrogens with one attached hydrogen (secondary N) is 2. The lowest BCUT2D eigenvalue weighted by Gasteiger charge is -2.39. The van der Waals surface area contributed by atoms with E-state index in [0.717, 1.165) is 30.5 Å². The topological polar surface area (TPSA) is 109 Å². The molecule has 1 unspecified atom stereocenters. The fourth-order valence-electron chi connectivity index (χ4n) is 4.61. The lowest BCUT2D eigenvalue weighted by Crippen LogP contribution is -2.42. The van der Waals surface area contributed by atoms with Crippen molar-refractivity contribution in [3.63, 3.8) is 0 Å². The Labute approximate surface area is 199 Å². The number of alkyl halides is 3. The fraction of sp³-hybridized carbons (Fsp3) is 0.381. The summed E-state index contributed by atoms with van der Waals surface area (Å²) in [5.41, 5.74) is -2.04. The second-order valence-corrected chi connectivity index (χ2v) is 12.9. The van der Waals surface area contributed by atoms with Gasteiger partial charge in [0.15, 0.2) is 9.84 Å². The summed E-state index contributed by atoms with van der Waals surface area (Å²) in [6.07, 6.45) is -3.66. The fourth-order valence-corrected chi connectivity index (χ4v) is 6.49. The first-order valence-corrected chi connectivity index (χ1v) is 13.9. The van der Waals surface area contributed by atoms with Gasteiger partial charge < -0.3 is 5.32 Å². The summed E-state index contributed by atoms with van der Waals surface area (Å²) in [6.45, 7) is 0. The molecular formula is C21H20ClF3N2O5S2. The van der Waals surface area contributed by atoms with Crippen molar-refractivity contribution < 1.29 is 34.8 Å². The van der Waals surface area contributed by atoms with Crippen molar-refractivity contribution in [1.29, 1.82) is 0 Å². The number of halogens is 4. The van der Waals surface area contributed by atoms with Crippen molar-refractivity contribution in [2.45, 2.75) is 41.3 Å². The molecular weight excluding hydrogens is 517 g/mol. The molecule has 3 saturated carbocycles. The highest BCUT2D eigenvalue weighted by molar-refractivity contribution is 7.92. The van der Waals surface area contributed by atoms with Crippen LogP contribution in [-0.4, -0.2) is 41.2 Å². The molecule has 2 aromatic rings. The van der Waals surface area contributed by atoms with E-state index in [1.54, 1.807) is 0 Å². The number of rotatable bonds is 6. The maximum atomic E-state index is 13.3. The largest absolute Gasteiger partial charge is 0.394 e. The number of hydrogen-bond acceptors (Lipinski definition) is 5. The van der Waals surface area contributed by atoms with Crippen LogP contribution in [0.4, 0.5) is 18.9 Å². The molecule has 0 aromatic heterocycles. The minimum atomic E-state index is -4.34. The summed E-state index contributed by atoms with van der Waals surface area (Å²) in [6, 6.07) is 7.67. The van der Waals surface area contributed by atoms with Crippen LogP contribution >= 0.6 is 11.6 Å². The van der Waals surface area contributed by atoms with E-state index in [1.165, 1.54) is 18.2 Å². The second-order valence-electron chi connectivity index (χ2n) is 8.77. The van der Waals surface area contributed by atoms with Crippen molar-refractivity contribution in [2.75, 3.05) is 11.0 Å². The zero-order chi connectivity index (χ0) is 25.1. The highest BCUT2D eigenvalue weighted by Gasteiger charge is 2.69. The molecule has 3 fully saturated rings. The van der Waals surface area contributed by atoms with Gasteiger partial charge in [-0.05, 0) is 67.6 Å². The maximum absolute atomic E-state index is 13.3. The van der Waals surface area contributed by atoms with E-state index in [1.807, 2.05) is 0 Å². The van der Waals surface area contributed by atoms with E-state index in [-0.39, 0.29) is 51.2 Å². The summed E-state index contributed by atoms with van der Waals surface area (Å²) in [7, 11) is -7.75. The number of amides is 1. The minimum absolute atomic E-state index is 0.0417. The molecule has 0 heterocycles. The van der Waals surface area contributed by atoms with E-state index in [4.69, 9.17) is 11.6 Å². The lowest BCUT2D eigenvalue weighted by molar-refractivity contribution is -0.244. The third kappa shape index (κ3) is 4.50. The summed E-state index contributed by atoms with van der Waals surface area (Å²) < 4.78 is 91.1. The summed E-state index contributed by atoms with van der Waals surface area (Å²) in [5, 5.41) is 2.73. The van der Waals surface area contributed by atoms with Gasteiger partial charge in [-0.1, -0.05) is 11.6 Å². The minimum Gasteiger partial charge on any atom is -0.349 e. The van der Waals surface area contributed by atoms with Gasteiger partial charge in [-0.15, -0.1) is 0 Å². The van der Waals surface area contributed by atoms with Gasteiger partial charge >= 0.3 is 6.18 Å². The third-order valence-electron chi connectivity index (χ3n) is 6.44. The Bertz CT molecular complexity index is 1350. The van der Waals surface area contributed by atoms with Crippen LogP contribution in [0.5, 0.6) is 0 Å². The van der Waals surface area contributed by atoms with Crippen molar-refractivity contribution in [2.24, 2.45) is 11.3 Å². The Balaban J connectivity index is 1.55. The number of anilines is 1. The SMILES string of the molecule is CS(=O)(=O)c1ccc(S(=O)(=O)Nc2ccc(Cl)cc2C(=O)NC2CC3(C(F)(F)F)CC2C3)cc1. The zero-order valence-corrected chi connectivity index (χ0v) is 20.1. The molecule has 0 spiro atoms. The molecule has 2 N–H and O–H groups in total. The molecule has 0 radical (unpaired) electrons. The number of benzene rings is 2. The van der Waals surface area contributed by atoms with Crippen LogP contribution in [0.15, 0.2) is 52.3 Å². The van der Waals surface area contributed by atoms with Gasteiger partial charge in [0.05, 0.1) is 26.5 Å². The molecule has 0 aliphatic heterocycles. The van der Waals surface area contributed by atoms with Gasteiger partial charge in [0.1, 0.15) is 0 Å². The molecule has 7 nitrogen and oxygen atoms in total. The van der Waals surface area contributed by atoms with Gasteiger partial charge in [0.2, 0.25) is 0 Å². The Kier molecular flexibility index (Phi) is 5.93. The predicted molar refractivity (Wildman–Crippen MR) is 119 cm³/mol. The average Bonchev–Trinajstić information content (AvgIpc) is 3.24. The number of carbonyl (C=O) groups excluding carboxylic acids is 1. The third-order valence-corrected chi connectivity index (χ3v) is 9.18. The van der Waals surface area contributed by atoms with E-state index in [9.17, 15) is 34.8 Å². The number of sulfone groups is 1. The first-order chi connectivity index (χ1) is 15.6. The molecule has 3 aliphatic carbocycles. The highest BCUT2D eigenvalue weighted by atomic mass is 35.5. The molecule has 0 saturated heterocycles. The molecule has 1 atom stereocenters. The summed E-state index contributed by atoms with van der Waals surface area (Å²) in [4.78, 5) is 12.6. The van der Waals surface area contributed by atoms with Crippen LogP contribution in [-0.2, 0) is 19.9 Å². The number of carbonyl (C=O) groups is 1. The lowest BCUT2D eigenvalue weighted by atomic mass is 9.69. The van der Waals surface area contributed by atoms with Crippen molar-refractivity contribution in [3.05, 3.63) is 53.1 Å². The van der Waals surface area contributed by atoms with Gasteiger partial charge in [0.25, 0.3) is 15.9 Å². The van der Waals surface area contributed by atoms with Gasteiger partial charge in [-0.25, -0.2) is 16.8 Å². The first kappa shape index (κ1) is 24.8. The summed E-state index contributed by atoms with van der Waals surface area (Å²) in [5.74, 6) is -1.04. The van der Waals surface area contributed by atoms with Crippen LogP contribution in [0.2, 0.25) is 5.02 Å². The molecule has 34 heavy (non-hydrogen) atoms. The highest BCUT2D eigenvalue weighted by Crippen LogP contribution is 2.65. The van der Waals surface area contributed by atoms with E-state index >= 15 is 0 Å². The average molecular weight is 537 g/mol. The van der Waals surface area contributed by atoms with Crippen LogP contribution < -0.4 is 10.0 Å². The Morgan fingerprint density at radius 1 is 1.00 bits per heavy atom. The van der Waals surface area contributed by atoms with Crippen LogP contribution in [0.25, 0.3) is 0 Å². The van der Waals surface area contributed by atoms with Crippen LogP contribution in [0.1, 0.15) is 29.6 Å². The van der Waals surface area contributed by atoms with E-state index in [0.29, 0.717) is 0 Å². The van der Waals surface area contributed by atoms with Gasteiger partial charge in [-0.3, -0.25) is 9.52 Å². The van der Waals surface area contributed by atoms with Crippen molar-refractivity contribution in [1.82, 2.24) is 5.32 Å². The molecule has 184 valence electrons. The zero-order valence-electron chi connectivity index (χ0n) is 17.7. The van der Waals surface area contributed by atoms with Crippen LogP contribution in [0, 0.1) is 11.3 Å². The molecule has 5 rings (SSSR count). The maximum Gasteiger partial charge on any atom is 0.394 e. The number of sulfonamides is 1. The number of hydrogen-bond donors (Lipinski definition) is 2. The molecule has 13 heteroatoms. The Morgan fingerprint density at radius 3 is 2.12 bits per heavy atom. The Morgan fingerprint density at radius 2 is 1.59 bits per heavy atom. The van der Waals surface area contributed by atoms with Crippen LogP contribution in [0.3, 0.4) is 0 Å². The molecule has 2 aromatic carbocycles. The standard InChI is InChI=1S/C21H20ClF3N2O5S2/c1-33(29,30)14-3-5-15(6-4-14)34(31,32)27-17-7-2-13(22)8-16(17)19(28)26-18-11-20(21(23,24)25)9-12(18)10-20/h2-8,12,18,27H,9-11H2,1H3,(H,26,28). The second kappa shape index (κ2) is 8.13. The van der Waals surface area contributed by atoms with Gasteiger partial charge in [0, 0.05) is 17.3 Å². The molecule has 1 amide bonds. The van der Waals surface area contributed by atoms with Crippen molar-refractivity contribution >= 4 is 43.1 Å². The molecule has 3 aliphatic rings. The predicted octanol–water partition coefficient (Wildman–Crippen LogP) is 4.01. The Hall–Kier alpha value is -2.31. The summed E-state index contributed by atoms with van der Waals surface area (Å²) >= 11 is 5.98.